The Morgan fingerprint density at radius 1 is 1.33 bits per heavy atom. The molecule has 0 aliphatic rings. The first-order chi connectivity index (χ1) is 8.69. The molecule has 4 heteroatoms. The highest BCUT2D eigenvalue weighted by molar-refractivity contribution is 5.17. The number of aromatic nitrogens is 2. The fourth-order valence-corrected chi connectivity index (χ4v) is 1.89. The monoisotopic (exact) mass is 247 g/mol. The molecule has 18 heavy (non-hydrogen) atoms. The molecule has 1 atom stereocenters. The third-order valence-electron chi connectivity index (χ3n) is 2.92. The Morgan fingerprint density at radius 3 is 2.72 bits per heavy atom. The summed E-state index contributed by atoms with van der Waals surface area (Å²) in [5, 5.41) is 7.66. The Balaban J connectivity index is 2.04. The predicted octanol–water partition coefficient (Wildman–Crippen LogP) is 2.74. The molecule has 0 amide bonds. The summed E-state index contributed by atoms with van der Waals surface area (Å²) >= 11 is 0. The summed E-state index contributed by atoms with van der Waals surface area (Å²) in [5.41, 5.74) is 2.21. The molecule has 0 saturated carbocycles. The fraction of sp³-hybridized carbons (Fsp3) is 0.357. The minimum Gasteiger partial charge on any atom is -0.310 e. The Kier molecular flexibility index (Phi) is 4.10. The average Bonchev–Trinajstić information content (AvgIpc) is 2.81. The third-order valence-corrected chi connectivity index (χ3v) is 2.92. The summed E-state index contributed by atoms with van der Waals surface area (Å²) in [5.74, 6) is -0.208. The van der Waals surface area contributed by atoms with Gasteiger partial charge in [-0.05, 0) is 31.2 Å². The van der Waals surface area contributed by atoms with Crippen LogP contribution in [-0.2, 0) is 6.54 Å². The van der Waals surface area contributed by atoms with Crippen molar-refractivity contribution in [2.45, 2.75) is 26.4 Å². The highest BCUT2D eigenvalue weighted by atomic mass is 19.1. The topological polar surface area (TPSA) is 29.9 Å². The first-order valence-electron chi connectivity index (χ1n) is 6.19. The molecular formula is C14H18FN3. The van der Waals surface area contributed by atoms with Gasteiger partial charge in [0, 0.05) is 17.8 Å². The van der Waals surface area contributed by atoms with Crippen LogP contribution in [0.15, 0.2) is 36.7 Å². The van der Waals surface area contributed by atoms with Crippen molar-refractivity contribution < 1.29 is 4.39 Å². The molecule has 0 spiro atoms. The standard InChI is InChI=1S/C14H18FN3/c1-3-16-11(2)13-8-17-18(10-13)9-12-4-6-14(15)7-5-12/h4-8,10-11,16H,3,9H2,1-2H3. The maximum atomic E-state index is 12.8. The molecule has 3 nitrogen and oxygen atoms in total. The molecule has 2 aromatic rings. The van der Waals surface area contributed by atoms with E-state index in [2.05, 4.69) is 24.3 Å². The van der Waals surface area contributed by atoms with Crippen molar-refractivity contribution in [1.29, 1.82) is 0 Å². The number of hydrogen-bond donors (Lipinski definition) is 1. The first kappa shape index (κ1) is 12.8. The molecule has 96 valence electrons. The van der Waals surface area contributed by atoms with Crippen molar-refractivity contribution in [2.75, 3.05) is 6.54 Å². The van der Waals surface area contributed by atoms with Crippen LogP contribution in [0.2, 0.25) is 0 Å². The zero-order valence-electron chi connectivity index (χ0n) is 10.7. The van der Waals surface area contributed by atoms with E-state index in [9.17, 15) is 4.39 Å². The van der Waals surface area contributed by atoms with Gasteiger partial charge >= 0.3 is 0 Å². The fourth-order valence-electron chi connectivity index (χ4n) is 1.89. The molecule has 1 aromatic heterocycles. The van der Waals surface area contributed by atoms with Crippen LogP contribution in [-0.4, -0.2) is 16.3 Å². The van der Waals surface area contributed by atoms with E-state index >= 15 is 0 Å². The van der Waals surface area contributed by atoms with Crippen LogP contribution in [0.1, 0.15) is 31.0 Å². The van der Waals surface area contributed by atoms with E-state index in [4.69, 9.17) is 0 Å². The van der Waals surface area contributed by atoms with Crippen LogP contribution in [0, 0.1) is 5.82 Å². The van der Waals surface area contributed by atoms with Crippen LogP contribution in [0.4, 0.5) is 4.39 Å². The maximum Gasteiger partial charge on any atom is 0.123 e. The van der Waals surface area contributed by atoms with E-state index in [0.717, 1.165) is 12.1 Å². The molecule has 1 unspecified atom stereocenters. The quantitative estimate of drug-likeness (QED) is 0.880. The first-order valence-corrected chi connectivity index (χ1v) is 6.19. The molecule has 1 aromatic carbocycles. The second-order valence-corrected chi connectivity index (χ2v) is 4.38. The van der Waals surface area contributed by atoms with Crippen LogP contribution in [0.3, 0.4) is 0 Å². The number of hydrogen-bond acceptors (Lipinski definition) is 2. The van der Waals surface area contributed by atoms with Gasteiger partial charge in [-0.15, -0.1) is 0 Å². The highest BCUT2D eigenvalue weighted by Gasteiger charge is 2.06. The van der Waals surface area contributed by atoms with E-state index < -0.39 is 0 Å². The lowest BCUT2D eigenvalue weighted by atomic mass is 10.2. The SMILES string of the molecule is CCNC(C)c1cnn(Cc2ccc(F)cc2)c1. The number of nitrogens with one attached hydrogen (secondary N) is 1. The normalized spacial score (nSPS) is 12.6. The molecule has 1 N–H and O–H groups in total. The second-order valence-electron chi connectivity index (χ2n) is 4.38. The largest absolute Gasteiger partial charge is 0.310 e. The summed E-state index contributed by atoms with van der Waals surface area (Å²) in [6.45, 7) is 5.80. The van der Waals surface area contributed by atoms with E-state index in [0.29, 0.717) is 12.6 Å². The van der Waals surface area contributed by atoms with Gasteiger partial charge in [0.2, 0.25) is 0 Å². The average molecular weight is 247 g/mol. The molecule has 0 bridgehead atoms. The molecule has 1 heterocycles. The van der Waals surface area contributed by atoms with Gasteiger partial charge in [-0.2, -0.15) is 5.10 Å². The molecular weight excluding hydrogens is 229 g/mol. The zero-order chi connectivity index (χ0) is 13.0. The van der Waals surface area contributed by atoms with Crippen LogP contribution in [0.5, 0.6) is 0 Å². The molecule has 0 radical (unpaired) electrons. The zero-order valence-corrected chi connectivity index (χ0v) is 10.7. The number of halogens is 1. The Labute approximate surface area is 107 Å². The van der Waals surface area contributed by atoms with E-state index in [-0.39, 0.29) is 5.82 Å². The van der Waals surface area contributed by atoms with Crippen LogP contribution in [0.25, 0.3) is 0 Å². The summed E-state index contributed by atoms with van der Waals surface area (Å²) in [6.07, 6.45) is 3.90. The van der Waals surface area contributed by atoms with Gasteiger partial charge in [0.05, 0.1) is 12.7 Å². The minimum absolute atomic E-state index is 0.208. The van der Waals surface area contributed by atoms with Gasteiger partial charge in [-0.25, -0.2) is 4.39 Å². The lowest BCUT2D eigenvalue weighted by Gasteiger charge is -2.08. The van der Waals surface area contributed by atoms with Crippen molar-refractivity contribution in [3.05, 3.63) is 53.6 Å². The summed E-state index contributed by atoms with van der Waals surface area (Å²) in [6, 6.07) is 6.81. The van der Waals surface area contributed by atoms with Gasteiger partial charge in [0.1, 0.15) is 5.82 Å². The Bertz CT molecular complexity index is 490. The number of rotatable bonds is 5. The number of nitrogens with zero attached hydrogens (tertiary/aromatic N) is 2. The predicted molar refractivity (Wildman–Crippen MR) is 69.8 cm³/mol. The van der Waals surface area contributed by atoms with Crippen molar-refractivity contribution in [1.82, 2.24) is 15.1 Å². The third kappa shape index (κ3) is 3.17. The highest BCUT2D eigenvalue weighted by Crippen LogP contribution is 2.12. The lowest BCUT2D eigenvalue weighted by Crippen LogP contribution is -2.17. The van der Waals surface area contributed by atoms with Gasteiger partial charge in [-0.3, -0.25) is 4.68 Å². The molecule has 0 fully saturated rings. The summed E-state index contributed by atoms with van der Waals surface area (Å²) in [7, 11) is 0. The van der Waals surface area contributed by atoms with Gasteiger partial charge in [0.15, 0.2) is 0 Å². The van der Waals surface area contributed by atoms with Crippen molar-refractivity contribution in [3.8, 4) is 0 Å². The number of benzene rings is 1. The lowest BCUT2D eigenvalue weighted by molar-refractivity contribution is 0.596. The minimum atomic E-state index is -0.208. The van der Waals surface area contributed by atoms with Crippen molar-refractivity contribution >= 4 is 0 Å². The van der Waals surface area contributed by atoms with E-state index in [1.54, 1.807) is 12.1 Å². The van der Waals surface area contributed by atoms with Crippen molar-refractivity contribution in [2.24, 2.45) is 0 Å². The van der Waals surface area contributed by atoms with E-state index in [1.807, 2.05) is 17.1 Å². The molecule has 0 aliphatic carbocycles. The maximum absolute atomic E-state index is 12.8. The Morgan fingerprint density at radius 2 is 2.06 bits per heavy atom. The molecule has 0 saturated heterocycles. The van der Waals surface area contributed by atoms with Gasteiger partial charge < -0.3 is 5.32 Å². The molecule has 2 rings (SSSR count). The van der Waals surface area contributed by atoms with Gasteiger partial charge in [-0.1, -0.05) is 19.1 Å². The second kappa shape index (κ2) is 5.78. The Hall–Kier alpha value is -1.68. The smallest absolute Gasteiger partial charge is 0.123 e. The van der Waals surface area contributed by atoms with Crippen LogP contribution >= 0.6 is 0 Å². The van der Waals surface area contributed by atoms with Crippen molar-refractivity contribution in [3.63, 3.8) is 0 Å². The van der Waals surface area contributed by atoms with E-state index in [1.165, 1.54) is 17.7 Å². The van der Waals surface area contributed by atoms with Gasteiger partial charge in [0.25, 0.3) is 0 Å². The molecule has 0 aliphatic heterocycles. The van der Waals surface area contributed by atoms with Crippen LogP contribution < -0.4 is 5.32 Å². The summed E-state index contributed by atoms with van der Waals surface area (Å²) < 4.78 is 14.7. The summed E-state index contributed by atoms with van der Waals surface area (Å²) in [4.78, 5) is 0.